The molecule has 1 aromatic heterocycles. The molecule has 1 fully saturated rings. The van der Waals surface area contributed by atoms with Gasteiger partial charge in [0.2, 0.25) is 9.84 Å². The lowest BCUT2D eigenvalue weighted by Crippen LogP contribution is -2.24. The number of rotatable bonds is 13. The lowest BCUT2D eigenvalue weighted by Gasteiger charge is -2.20. The van der Waals surface area contributed by atoms with Crippen LogP contribution in [0.4, 0.5) is 25.1 Å². The fourth-order valence-electron chi connectivity index (χ4n) is 5.53. The van der Waals surface area contributed by atoms with Gasteiger partial charge in [-0.3, -0.25) is 9.69 Å². The maximum atomic E-state index is 14.0. The molecule has 12 nitrogen and oxygen atoms in total. The highest BCUT2D eigenvalue weighted by atomic mass is 32.2. The average Bonchev–Trinajstić information content (AvgIpc) is 3.68. The molecule has 0 radical (unpaired) electrons. The maximum Gasteiger partial charge on any atom is 0.435 e. The number of benzene rings is 3. The number of fused-ring (bicyclic) bond motifs is 1. The Kier molecular flexibility index (Phi) is 11.0. The second-order valence-corrected chi connectivity index (χ2v) is 13.4. The summed E-state index contributed by atoms with van der Waals surface area (Å²) in [6.07, 6.45) is 1.38. The molecule has 0 spiro atoms. The van der Waals surface area contributed by atoms with E-state index in [2.05, 4.69) is 20.6 Å². The van der Waals surface area contributed by atoms with Crippen molar-refractivity contribution in [3.05, 3.63) is 77.4 Å². The number of hydrogen-bond acceptors (Lipinski definition) is 10. The van der Waals surface area contributed by atoms with Crippen molar-refractivity contribution in [1.82, 2.24) is 14.7 Å². The van der Waals surface area contributed by atoms with Crippen molar-refractivity contribution in [2.45, 2.75) is 42.1 Å². The SMILES string of the molecule is COCCOC(=O)n1nc(NC(=O)c2ccc(CN3CCCC3)cc2NC(C)COC)c2cc(S(=O)(=O)c3cc(F)cc(F)c3)ccc21. The van der Waals surface area contributed by atoms with E-state index in [4.69, 9.17) is 14.2 Å². The Morgan fingerprint density at radius 2 is 1.67 bits per heavy atom. The van der Waals surface area contributed by atoms with Crippen molar-refractivity contribution in [2.24, 2.45) is 0 Å². The largest absolute Gasteiger partial charge is 0.445 e. The van der Waals surface area contributed by atoms with Gasteiger partial charge < -0.3 is 24.8 Å². The lowest BCUT2D eigenvalue weighted by atomic mass is 10.1. The minimum atomic E-state index is -4.43. The van der Waals surface area contributed by atoms with Crippen LogP contribution in [0.1, 0.15) is 35.7 Å². The molecule has 0 bridgehead atoms. The first-order valence-electron chi connectivity index (χ1n) is 15.3. The molecule has 1 unspecified atom stereocenters. The molecule has 1 atom stereocenters. The predicted molar refractivity (Wildman–Crippen MR) is 174 cm³/mol. The highest BCUT2D eigenvalue weighted by Gasteiger charge is 2.25. The van der Waals surface area contributed by atoms with Crippen molar-refractivity contribution in [1.29, 1.82) is 0 Å². The Bertz CT molecular complexity index is 1890. The zero-order chi connectivity index (χ0) is 34.4. The summed E-state index contributed by atoms with van der Waals surface area (Å²) in [4.78, 5) is 28.2. The Labute approximate surface area is 276 Å². The summed E-state index contributed by atoms with van der Waals surface area (Å²) in [5.41, 5.74) is 1.95. The van der Waals surface area contributed by atoms with E-state index in [0.29, 0.717) is 30.5 Å². The number of nitrogens with one attached hydrogen (secondary N) is 2. The van der Waals surface area contributed by atoms with Crippen LogP contribution in [0.3, 0.4) is 0 Å². The average molecular weight is 686 g/mol. The maximum absolute atomic E-state index is 14.0. The number of sulfone groups is 1. The molecule has 1 amide bonds. The molecule has 0 saturated carbocycles. The van der Waals surface area contributed by atoms with Crippen molar-refractivity contribution < 1.29 is 41.0 Å². The molecule has 0 aliphatic carbocycles. The van der Waals surface area contributed by atoms with Gasteiger partial charge in [-0.05, 0) is 80.9 Å². The van der Waals surface area contributed by atoms with E-state index in [1.807, 2.05) is 19.1 Å². The van der Waals surface area contributed by atoms with Crippen LogP contribution < -0.4 is 10.6 Å². The van der Waals surface area contributed by atoms with E-state index in [0.717, 1.165) is 42.7 Å². The number of halogens is 2. The first kappa shape index (κ1) is 34.9. The first-order valence-corrected chi connectivity index (χ1v) is 16.8. The van der Waals surface area contributed by atoms with E-state index in [-0.39, 0.29) is 46.4 Å². The minimum Gasteiger partial charge on any atom is -0.445 e. The molecule has 1 saturated heterocycles. The second kappa shape index (κ2) is 15.2. The van der Waals surface area contributed by atoms with E-state index in [1.165, 1.54) is 25.3 Å². The van der Waals surface area contributed by atoms with Crippen LogP contribution in [0.25, 0.3) is 10.9 Å². The molecular weight excluding hydrogens is 648 g/mol. The van der Waals surface area contributed by atoms with Crippen molar-refractivity contribution in [3.8, 4) is 0 Å². The Morgan fingerprint density at radius 1 is 0.938 bits per heavy atom. The Balaban J connectivity index is 1.54. The molecule has 15 heteroatoms. The van der Waals surface area contributed by atoms with Gasteiger partial charge in [0.05, 0.1) is 34.1 Å². The van der Waals surface area contributed by atoms with E-state index in [9.17, 15) is 26.8 Å². The van der Waals surface area contributed by atoms with E-state index >= 15 is 0 Å². The lowest BCUT2D eigenvalue weighted by molar-refractivity contribution is 0.0980. The monoisotopic (exact) mass is 685 g/mol. The van der Waals surface area contributed by atoms with Gasteiger partial charge >= 0.3 is 6.09 Å². The normalized spacial score (nSPS) is 14.3. The molecular formula is C33H37F2N5O7S. The third kappa shape index (κ3) is 7.98. The molecule has 256 valence electrons. The quantitative estimate of drug-likeness (QED) is 0.183. The number of nitrogens with zero attached hydrogens (tertiary/aromatic N) is 3. The number of ether oxygens (including phenoxy) is 3. The smallest absolute Gasteiger partial charge is 0.435 e. The standard InChI is InChI=1S/C33H37F2N5O7S/c1-21(20-46-3)36-29-14-22(19-39-10-4-5-11-39)6-8-27(29)32(41)37-31-28-18-25(48(43,44)26-16-23(34)15-24(35)17-26)7-9-30(28)40(38-31)33(42)47-13-12-45-2/h6-9,14-18,21,36H,4-5,10-13,19-20H2,1-3H3,(H,37,38,41). The molecule has 3 aromatic carbocycles. The summed E-state index contributed by atoms with van der Waals surface area (Å²) < 4.78 is 71.1. The van der Waals surface area contributed by atoms with Gasteiger partial charge in [0.25, 0.3) is 5.91 Å². The van der Waals surface area contributed by atoms with Gasteiger partial charge in [-0.2, -0.15) is 4.68 Å². The first-order chi connectivity index (χ1) is 23.0. The van der Waals surface area contributed by atoms with Crippen molar-refractivity contribution >= 4 is 44.2 Å². The number of amides is 1. The Hall–Kier alpha value is -4.44. The topological polar surface area (TPSA) is 141 Å². The molecule has 2 N–H and O–H groups in total. The van der Waals surface area contributed by atoms with Crippen LogP contribution >= 0.6 is 0 Å². The molecule has 4 aromatic rings. The minimum absolute atomic E-state index is 0.0675. The van der Waals surface area contributed by atoms with Crippen LogP contribution in [-0.2, 0) is 30.6 Å². The highest BCUT2D eigenvalue weighted by Crippen LogP contribution is 2.31. The predicted octanol–water partition coefficient (Wildman–Crippen LogP) is 5.07. The van der Waals surface area contributed by atoms with Gasteiger partial charge in [-0.25, -0.2) is 22.0 Å². The third-order valence-corrected chi connectivity index (χ3v) is 9.51. The summed E-state index contributed by atoms with van der Waals surface area (Å²) >= 11 is 0. The molecule has 5 rings (SSSR count). The fraction of sp³-hybridized carbons (Fsp3) is 0.364. The Morgan fingerprint density at radius 3 is 2.35 bits per heavy atom. The van der Waals surface area contributed by atoms with Crippen LogP contribution in [0.2, 0.25) is 0 Å². The third-order valence-electron chi connectivity index (χ3n) is 7.78. The van der Waals surface area contributed by atoms with Gasteiger partial charge in [0, 0.05) is 43.9 Å². The number of likely N-dealkylation sites (tertiary alicyclic amines) is 1. The fourth-order valence-corrected chi connectivity index (χ4v) is 6.86. The molecule has 1 aliphatic heterocycles. The summed E-state index contributed by atoms with van der Waals surface area (Å²) in [6.45, 7) is 5.04. The van der Waals surface area contributed by atoms with E-state index < -0.39 is 38.4 Å². The van der Waals surface area contributed by atoms with Gasteiger partial charge in [-0.15, -0.1) is 5.10 Å². The van der Waals surface area contributed by atoms with Crippen molar-refractivity contribution in [2.75, 3.05) is 57.8 Å². The van der Waals surface area contributed by atoms with Crippen molar-refractivity contribution in [3.63, 3.8) is 0 Å². The zero-order valence-electron chi connectivity index (χ0n) is 26.8. The summed E-state index contributed by atoms with van der Waals surface area (Å²) in [5.74, 6) is -2.86. The molecule has 1 aliphatic rings. The van der Waals surface area contributed by atoms with E-state index in [1.54, 1.807) is 13.2 Å². The van der Waals surface area contributed by atoms with Gasteiger partial charge in [-0.1, -0.05) is 6.07 Å². The zero-order valence-corrected chi connectivity index (χ0v) is 27.6. The summed E-state index contributed by atoms with van der Waals surface area (Å²) in [6, 6.07) is 10.9. The highest BCUT2D eigenvalue weighted by molar-refractivity contribution is 7.91. The number of carbonyl (C=O) groups is 2. The van der Waals surface area contributed by atoms with Crippen LogP contribution in [0.5, 0.6) is 0 Å². The van der Waals surface area contributed by atoms with Crippen LogP contribution in [0, 0.1) is 11.6 Å². The number of anilines is 2. The molecule has 2 heterocycles. The molecule has 48 heavy (non-hydrogen) atoms. The number of carbonyl (C=O) groups excluding carboxylic acids is 2. The number of aromatic nitrogens is 2. The summed E-state index contributed by atoms with van der Waals surface area (Å²) in [7, 11) is -1.41. The van der Waals surface area contributed by atoms with Gasteiger partial charge in [0.1, 0.15) is 18.2 Å². The summed E-state index contributed by atoms with van der Waals surface area (Å²) in [5, 5.41) is 10.4. The number of methoxy groups -OCH3 is 2. The number of hydrogen-bond donors (Lipinski definition) is 2. The second-order valence-electron chi connectivity index (χ2n) is 11.5. The van der Waals surface area contributed by atoms with Crippen LogP contribution in [-0.4, -0.2) is 88.3 Å². The van der Waals surface area contributed by atoms with Crippen LogP contribution in [0.15, 0.2) is 64.4 Å². The van der Waals surface area contributed by atoms with Gasteiger partial charge in [0.15, 0.2) is 5.82 Å².